The molecule has 0 aromatic heterocycles. The smallest absolute Gasteiger partial charge is 0.249 e. The van der Waals surface area contributed by atoms with Gasteiger partial charge in [-0.05, 0) is 51.0 Å². The van der Waals surface area contributed by atoms with Crippen molar-refractivity contribution < 1.29 is 9.53 Å². The summed E-state index contributed by atoms with van der Waals surface area (Å²) >= 11 is 0. The summed E-state index contributed by atoms with van der Waals surface area (Å²) in [4.78, 5) is 17.2. The average molecular weight is 306 g/mol. The van der Waals surface area contributed by atoms with Gasteiger partial charge in [0.05, 0.1) is 6.61 Å². The zero-order valence-electron chi connectivity index (χ0n) is 14.1. The molecule has 0 aromatic carbocycles. The van der Waals surface area contributed by atoms with Crippen LogP contribution < -0.4 is 0 Å². The molecule has 3 aliphatic rings. The van der Waals surface area contributed by atoms with Crippen LogP contribution in [0.5, 0.6) is 0 Å². The molecule has 3 rings (SSSR count). The van der Waals surface area contributed by atoms with E-state index in [1.807, 2.05) is 0 Å². The zero-order chi connectivity index (χ0) is 15.6. The van der Waals surface area contributed by atoms with E-state index in [-0.39, 0.29) is 0 Å². The largest absolute Gasteiger partial charge is 0.384 e. The summed E-state index contributed by atoms with van der Waals surface area (Å²) in [6.45, 7) is 4.98. The summed E-state index contributed by atoms with van der Waals surface area (Å²) in [7, 11) is 4.02. The van der Waals surface area contributed by atoms with Crippen LogP contribution in [-0.2, 0) is 9.53 Å². The highest BCUT2D eigenvalue weighted by Crippen LogP contribution is 2.44. The third kappa shape index (κ3) is 3.09. The van der Waals surface area contributed by atoms with Crippen LogP contribution in [0.25, 0.3) is 0 Å². The van der Waals surface area contributed by atoms with Gasteiger partial charge < -0.3 is 14.5 Å². The van der Waals surface area contributed by atoms with Crippen molar-refractivity contribution >= 4 is 5.91 Å². The Morgan fingerprint density at radius 1 is 1.36 bits per heavy atom. The Kier molecular flexibility index (Phi) is 4.88. The molecule has 22 heavy (non-hydrogen) atoms. The molecule has 0 N–H and O–H groups in total. The van der Waals surface area contributed by atoms with Crippen LogP contribution in [0.3, 0.4) is 0 Å². The van der Waals surface area contributed by atoms with E-state index in [0.717, 1.165) is 64.0 Å². The van der Waals surface area contributed by atoms with Crippen LogP contribution in [-0.4, -0.2) is 62.7 Å². The highest BCUT2D eigenvalue weighted by atomic mass is 16.5. The lowest BCUT2D eigenvalue weighted by atomic mass is 9.71. The molecule has 1 atom stereocenters. The molecule has 4 heteroatoms. The number of ether oxygens (including phenoxy) is 1. The third-order valence-corrected chi connectivity index (χ3v) is 5.96. The summed E-state index contributed by atoms with van der Waals surface area (Å²) in [6.07, 6.45) is 8.91. The lowest BCUT2D eigenvalue weighted by molar-refractivity contribution is -0.130. The van der Waals surface area contributed by atoms with Crippen molar-refractivity contribution in [3.63, 3.8) is 0 Å². The van der Waals surface area contributed by atoms with E-state index in [2.05, 4.69) is 22.9 Å². The Bertz CT molecular complexity index is 438. The molecule has 2 aliphatic heterocycles. The Morgan fingerprint density at radius 2 is 2.14 bits per heavy atom. The van der Waals surface area contributed by atoms with Gasteiger partial charge in [0.15, 0.2) is 0 Å². The van der Waals surface area contributed by atoms with Crippen molar-refractivity contribution in [3.05, 3.63) is 11.6 Å². The van der Waals surface area contributed by atoms with E-state index < -0.39 is 0 Å². The second-order valence-corrected chi connectivity index (χ2v) is 7.48. The zero-order valence-corrected chi connectivity index (χ0v) is 14.1. The second-order valence-electron chi connectivity index (χ2n) is 7.48. The van der Waals surface area contributed by atoms with Crippen molar-refractivity contribution in [1.82, 2.24) is 9.80 Å². The maximum absolute atomic E-state index is 12.7. The fourth-order valence-corrected chi connectivity index (χ4v) is 4.69. The van der Waals surface area contributed by atoms with Gasteiger partial charge in [-0.1, -0.05) is 6.08 Å². The number of hydrogen-bond donors (Lipinski definition) is 0. The number of methoxy groups -OCH3 is 1. The first-order chi connectivity index (χ1) is 10.6. The number of likely N-dealkylation sites (tertiary alicyclic amines) is 2. The molecule has 4 nitrogen and oxygen atoms in total. The molecule has 0 aromatic rings. The van der Waals surface area contributed by atoms with Gasteiger partial charge in [0.2, 0.25) is 5.91 Å². The highest BCUT2D eigenvalue weighted by molar-refractivity contribution is 5.93. The van der Waals surface area contributed by atoms with Gasteiger partial charge in [-0.3, -0.25) is 4.79 Å². The topological polar surface area (TPSA) is 32.8 Å². The fourth-order valence-electron chi connectivity index (χ4n) is 4.69. The summed E-state index contributed by atoms with van der Waals surface area (Å²) in [5.41, 5.74) is 1.43. The van der Waals surface area contributed by atoms with Crippen LogP contribution in [0.1, 0.15) is 38.5 Å². The monoisotopic (exact) mass is 306 g/mol. The fraction of sp³-hybridized carbons (Fsp3) is 0.833. The normalized spacial score (nSPS) is 28.9. The predicted octanol–water partition coefficient (Wildman–Crippen LogP) is 2.30. The minimum absolute atomic E-state index is 0.309. The van der Waals surface area contributed by atoms with Gasteiger partial charge in [0.25, 0.3) is 0 Å². The highest BCUT2D eigenvalue weighted by Gasteiger charge is 2.47. The van der Waals surface area contributed by atoms with Crippen molar-refractivity contribution in [3.8, 4) is 0 Å². The predicted molar refractivity (Wildman–Crippen MR) is 87.7 cm³/mol. The Balaban J connectivity index is 1.62. The lowest BCUT2D eigenvalue weighted by Gasteiger charge is -2.43. The number of carbonyl (C=O) groups is 1. The molecular formula is C18H30N2O2. The number of rotatable bonds is 3. The van der Waals surface area contributed by atoms with Crippen LogP contribution in [0.15, 0.2) is 11.6 Å². The SMILES string of the molecule is COCC1CN(C)CC12CCN(C(=O)C1=CCCCC1)CC2. The molecule has 0 saturated carbocycles. The summed E-state index contributed by atoms with van der Waals surface area (Å²) in [5.74, 6) is 0.929. The molecule has 1 amide bonds. The minimum atomic E-state index is 0.309. The van der Waals surface area contributed by atoms with E-state index in [0.29, 0.717) is 17.2 Å². The van der Waals surface area contributed by atoms with Crippen molar-refractivity contribution in [2.45, 2.75) is 38.5 Å². The number of allylic oxidation sites excluding steroid dienone is 1. The van der Waals surface area contributed by atoms with Crippen molar-refractivity contribution in [2.75, 3.05) is 46.9 Å². The van der Waals surface area contributed by atoms with Crippen LogP contribution in [0.2, 0.25) is 0 Å². The molecule has 1 aliphatic carbocycles. The number of piperidine rings is 1. The first-order valence-corrected chi connectivity index (χ1v) is 8.80. The Hall–Kier alpha value is -0.870. The molecule has 1 unspecified atom stereocenters. The molecule has 1 spiro atoms. The van der Waals surface area contributed by atoms with Crippen molar-refractivity contribution in [1.29, 1.82) is 0 Å². The molecule has 0 radical (unpaired) electrons. The Labute approximate surface area is 134 Å². The minimum Gasteiger partial charge on any atom is -0.384 e. The molecule has 2 saturated heterocycles. The molecule has 2 fully saturated rings. The molecular weight excluding hydrogens is 276 g/mol. The van der Waals surface area contributed by atoms with Gasteiger partial charge >= 0.3 is 0 Å². The second kappa shape index (κ2) is 6.71. The summed E-state index contributed by atoms with van der Waals surface area (Å²) in [6, 6.07) is 0. The maximum atomic E-state index is 12.7. The van der Waals surface area contributed by atoms with E-state index >= 15 is 0 Å². The number of amides is 1. The van der Waals surface area contributed by atoms with Gasteiger partial charge in [0, 0.05) is 44.8 Å². The lowest BCUT2D eigenvalue weighted by Crippen LogP contribution is -2.47. The molecule has 0 bridgehead atoms. The third-order valence-electron chi connectivity index (χ3n) is 5.96. The first kappa shape index (κ1) is 16.0. The quantitative estimate of drug-likeness (QED) is 0.802. The van der Waals surface area contributed by atoms with E-state index in [1.165, 1.54) is 12.8 Å². The average Bonchev–Trinajstić information content (AvgIpc) is 2.84. The summed E-state index contributed by atoms with van der Waals surface area (Å²) < 4.78 is 5.45. The van der Waals surface area contributed by atoms with E-state index in [4.69, 9.17) is 4.74 Å². The number of nitrogens with zero attached hydrogens (tertiary/aromatic N) is 2. The van der Waals surface area contributed by atoms with Crippen LogP contribution in [0, 0.1) is 11.3 Å². The van der Waals surface area contributed by atoms with Crippen LogP contribution in [0.4, 0.5) is 0 Å². The number of hydrogen-bond acceptors (Lipinski definition) is 3. The number of carbonyl (C=O) groups excluding carboxylic acids is 1. The molecule has 2 heterocycles. The van der Waals surface area contributed by atoms with Crippen LogP contribution >= 0.6 is 0 Å². The van der Waals surface area contributed by atoms with Crippen molar-refractivity contribution in [2.24, 2.45) is 11.3 Å². The maximum Gasteiger partial charge on any atom is 0.249 e. The van der Waals surface area contributed by atoms with Gasteiger partial charge in [0.1, 0.15) is 0 Å². The van der Waals surface area contributed by atoms with E-state index in [1.54, 1.807) is 7.11 Å². The van der Waals surface area contributed by atoms with E-state index in [9.17, 15) is 4.79 Å². The van der Waals surface area contributed by atoms with Gasteiger partial charge in [-0.25, -0.2) is 0 Å². The summed E-state index contributed by atoms with van der Waals surface area (Å²) in [5, 5.41) is 0. The first-order valence-electron chi connectivity index (χ1n) is 8.80. The molecule has 124 valence electrons. The Morgan fingerprint density at radius 3 is 2.77 bits per heavy atom. The van der Waals surface area contributed by atoms with Gasteiger partial charge in [-0.2, -0.15) is 0 Å². The van der Waals surface area contributed by atoms with Gasteiger partial charge in [-0.15, -0.1) is 0 Å². The standard InChI is InChI=1S/C18H30N2O2/c1-19-12-16(13-22-2)18(14-19)8-10-20(11-9-18)17(21)15-6-4-3-5-7-15/h6,16H,3-5,7-14H2,1-2H3.